The molecule has 2 fully saturated rings. The Morgan fingerprint density at radius 3 is 2.74 bits per heavy atom. The van der Waals surface area contributed by atoms with E-state index in [0.717, 1.165) is 25.5 Å². The van der Waals surface area contributed by atoms with Gasteiger partial charge in [-0.1, -0.05) is 18.2 Å². The summed E-state index contributed by atoms with van der Waals surface area (Å²) in [7, 11) is 0. The fourth-order valence-electron chi connectivity index (χ4n) is 4.91. The van der Waals surface area contributed by atoms with Crippen LogP contribution in [0.4, 0.5) is 19.0 Å². The van der Waals surface area contributed by atoms with Crippen molar-refractivity contribution in [1.29, 1.82) is 0 Å². The lowest BCUT2D eigenvalue weighted by Crippen LogP contribution is -2.29. The molecule has 1 aromatic heterocycles. The van der Waals surface area contributed by atoms with E-state index in [2.05, 4.69) is 15.3 Å². The number of carbonyl (C=O) groups is 1. The number of alkyl halides is 2. The summed E-state index contributed by atoms with van der Waals surface area (Å²) in [5.74, 6) is 1.01. The molecular formula is C28H31F3N4O4. The number of anilines is 1. The van der Waals surface area contributed by atoms with E-state index in [9.17, 15) is 18.0 Å². The molecule has 2 atom stereocenters. The Labute approximate surface area is 224 Å². The van der Waals surface area contributed by atoms with Crippen molar-refractivity contribution in [3.63, 3.8) is 0 Å². The molecule has 1 N–H and O–H groups in total. The highest BCUT2D eigenvalue weighted by molar-refractivity contribution is 5.92. The van der Waals surface area contributed by atoms with Crippen molar-refractivity contribution in [2.24, 2.45) is 0 Å². The molecule has 3 aromatic rings. The van der Waals surface area contributed by atoms with E-state index < -0.39 is 23.8 Å². The van der Waals surface area contributed by atoms with Crippen LogP contribution in [0.5, 0.6) is 11.5 Å². The average molecular weight is 545 g/mol. The van der Waals surface area contributed by atoms with Crippen molar-refractivity contribution < 1.29 is 32.2 Å². The number of nitrogens with one attached hydrogen (secondary N) is 1. The molecule has 0 spiro atoms. The summed E-state index contributed by atoms with van der Waals surface area (Å²) in [6.45, 7) is 5.95. The highest BCUT2D eigenvalue weighted by atomic mass is 19.3. The molecule has 0 unspecified atom stereocenters. The monoisotopic (exact) mass is 544 g/mol. The van der Waals surface area contributed by atoms with Crippen molar-refractivity contribution in [2.75, 3.05) is 38.2 Å². The zero-order chi connectivity index (χ0) is 27.5. The second kappa shape index (κ2) is 11.6. The normalized spacial score (nSPS) is 18.3. The van der Waals surface area contributed by atoms with Gasteiger partial charge in [0.25, 0.3) is 6.43 Å². The van der Waals surface area contributed by atoms with Gasteiger partial charge in [0.05, 0.1) is 36.9 Å². The Bertz CT molecular complexity index is 1350. The molecule has 39 heavy (non-hydrogen) atoms. The van der Waals surface area contributed by atoms with E-state index in [-0.39, 0.29) is 17.6 Å². The van der Waals surface area contributed by atoms with Crippen LogP contribution in [-0.4, -0.2) is 59.8 Å². The minimum atomic E-state index is -2.92. The van der Waals surface area contributed by atoms with Gasteiger partial charge in [-0.05, 0) is 26.3 Å². The van der Waals surface area contributed by atoms with E-state index in [1.54, 1.807) is 30.9 Å². The molecule has 0 saturated carbocycles. The lowest BCUT2D eigenvalue weighted by atomic mass is 10.0. The summed E-state index contributed by atoms with van der Waals surface area (Å²) in [5.41, 5.74) is 0.0336. The van der Waals surface area contributed by atoms with Gasteiger partial charge in [0, 0.05) is 36.4 Å². The number of hydrogen-bond donors (Lipinski definition) is 1. The molecule has 0 aliphatic carbocycles. The molecule has 2 aromatic carbocycles. The molecule has 0 radical (unpaired) electrons. The summed E-state index contributed by atoms with van der Waals surface area (Å²) in [6, 6.07) is 6.83. The summed E-state index contributed by atoms with van der Waals surface area (Å²) in [6.07, 6.45) is -0.928. The van der Waals surface area contributed by atoms with Gasteiger partial charge in [0.15, 0.2) is 11.5 Å². The smallest absolute Gasteiger partial charge is 0.266 e. The second-order valence-corrected chi connectivity index (χ2v) is 9.79. The number of carbonyl (C=O) groups excluding carboxylic acids is 1. The molecule has 8 nitrogen and oxygen atoms in total. The molecule has 11 heteroatoms. The van der Waals surface area contributed by atoms with Gasteiger partial charge in [-0.25, -0.2) is 23.1 Å². The standard InChI is InChI=1S/C28H31F3N4O4/c1-16(19-5-3-6-20(26(19)29)27(30)31)32-28-21-13-24(39-18-8-11-37-15-18)23(14-22(21)33-17(2)34-28)38-12-10-35-9-4-7-25(35)36/h3,5-6,13-14,16,18,27H,4,7-12,15H2,1-2H3,(H,32,33,34)/t16-,18+/m1/s1. The Morgan fingerprint density at radius 1 is 1.21 bits per heavy atom. The number of likely N-dealkylation sites (tertiary alicyclic amines) is 1. The van der Waals surface area contributed by atoms with Gasteiger partial charge >= 0.3 is 0 Å². The van der Waals surface area contributed by atoms with Crippen LogP contribution < -0.4 is 14.8 Å². The maximum atomic E-state index is 14.8. The first-order chi connectivity index (χ1) is 18.8. The Kier molecular flexibility index (Phi) is 8.06. The molecular weight excluding hydrogens is 513 g/mol. The van der Waals surface area contributed by atoms with Crippen LogP contribution in [-0.2, 0) is 9.53 Å². The van der Waals surface area contributed by atoms with Crippen molar-refractivity contribution in [3.8, 4) is 11.5 Å². The minimum Gasteiger partial charge on any atom is -0.488 e. The Hall–Kier alpha value is -3.60. The van der Waals surface area contributed by atoms with E-state index in [4.69, 9.17) is 14.2 Å². The molecule has 0 bridgehead atoms. The van der Waals surface area contributed by atoms with Crippen molar-refractivity contribution in [3.05, 3.63) is 53.1 Å². The highest BCUT2D eigenvalue weighted by Gasteiger charge is 2.24. The lowest BCUT2D eigenvalue weighted by molar-refractivity contribution is -0.128. The first kappa shape index (κ1) is 27.0. The number of amides is 1. The Balaban J connectivity index is 1.45. The second-order valence-electron chi connectivity index (χ2n) is 9.79. The van der Waals surface area contributed by atoms with Crippen LogP contribution in [0.1, 0.15) is 55.6 Å². The number of ether oxygens (including phenoxy) is 3. The molecule has 1 amide bonds. The summed E-state index contributed by atoms with van der Waals surface area (Å²) >= 11 is 0. The maximum absolute atomic E-state index is 14.8. The first-order valence-corrected chi connectivity index (χ1v) is 13.1. The van der Waals surface area contributed by atoms with Gasteiger partial charge < -0.3 is 24.4 Å². The van der Waals surface area contributed by atoms with Crippen molar-refractivity contribution >= 4 is 22.6 Å². The molecule has 3 heterocycles. The number of rotatable bonds is 10. The third-order valence-corrected chi connectivity index (χ3v) is 6.96. The van der Waals surface area contributed by atoms with E-state index in [1.807, 2.05) is 0 Å². The molecule has 2 aliphatic heterocycles. The number of fused-ring (bicyclic) bond motifs is 1. The fraction of sp³-hybridized carbons (Fsp3) is 0.464. The highest BCUT2D eigenvalue weighted by Crippen LogP contribution is 2.37. The summed E-state index contributed by atoms with van der Waals surface area (Å²) < 4.78 is 59.2. The van der Waals surface area contributed by atoms with Gasteiger partial charge in [0.1, 0.15) is 30.2 Å². The first-order valence-electron chi connectivity index (χ1n) is 13.1. The maximum Gasteiger partial charge on any atom is 0.266 e. The number of aryl methyl sites for hydroxylation is 1. The number of aromatic nitrogens is 2. The lowest BCUT2D eigenvalue weighted by Gasteiger charge is -2.21. The van der Waals surface area contributed by atoms with Crippen LogP contribution >= 0.6 is 0 Å². The number of benzene rings is 2. The number of halogens is 3. The van der Waals surface area contributed by atoms with Gasteiger partial charge in [-0.2, -0.15) is 0 Å². The molecule has 5 rings (SSSR count). The third kappa shape index (κ3) is 6.03. The van der Waals surface area contributed by atoms with Crippen LogP contribution in [0.2, 0.25) is 0 Å². The predicted molar refractivity (Wildman–Crippen MR) is 139 cm³/mol. The van der Waals surface area contributed by atoms with Crippen LogP contribution in [0.25, 0.3) is 10.9 Å². The van der Waals surface area contributed by atoms with Crippen molar-refractivity contribution in [1.82, 2.24) is 14.9 Å². The summed E-state index contributed by atoms with van der Waals surface area (Å²) in [5, 5.41) is 3.78. The molecule has 2 saturated heterocycles. The number of nitrogens with zero attached hydrogens (tertiary/aromatic N) is 3. The zero-order valence-electron chi connectivity index (χ0n) is 21.9. The third-order valence-electron chi connectivity index (χ3n) is 6.96. The minimum absolute atomic E-state index is 0.105. The topological polar surface area (TPSA) is 85.8 Å². The zero-order valence-corrected chi connectivity index (χ0v) is 21.9. The quantitative estimate of drug-likeness (QED) is 0.368. The van der Waals surface area contributed by atoms with Crippen LogP contribution in [0, 0.1) is 12.7 Å². The predicted octanol–water partition coefficient (Wildman–Crippen LogP) is 5.36. The average Bonchev–Trinajstić information content (AvgIpc) is 3.56. The fourth-order valence-corrected chi connectivity index (χ4v) is 4.91. The number of hydrogen-bond acceptors (Lipinski definition) is 7. The van der Waals surface area contributed by atoms with Gasteiger partial charge in [0.2, 0.25) is 5.91 Å². The van der Waals surface area contributed by atoms with Crippen LogP contribution in [0.15, 0.2) is 30.3 Å². The molecule has 208 valence electrons. The Morgan fingerprint density at radius 2 is 2.03 bits per heavy atom. The largest absolute Gasteiger partial charge is 0.488 e. The van der Waals surface area contributed by atoms with Crippen molar-refractivity contribution in [2.45, 2.75) is 51.7 Å². The summed E-state index contributed by atoms with van der Waals surface area (Å²) in [4.78, 5) is 22.8. The van der Waals surface area contributed by atoms with E-state index in [1.165, 1.54) is 12.1 Å². The SMILES string of the molecule is Cc1nc(N[C@H](C)c2cccc(C(F)F)c2F)c2cc(O[C@H]3CCOC3)c(OCCN3CCCC3=O)cc2n1. The van der Waals surface area contributed by atoms with E-state index in [0.29, 0.717) is 66.8 Å². The van der Waals surface area contributed by atoms with Gasteiger partial charge in [-0.15, -0.1) is 0 Å². The van der Waals surface area contributed by atoms with Gasteiger partial charge in [-0.3, -0.25) is 4.79 Å². The molecule has 2 aliphatic rings. The van der Waals surface area contributed by atoms with Crippen LogP contribution in [0.3, 0.4) is 0 Å². The van der Waals surface area contributed by atoms with E-state index >= 15 is 0 Å².